The lowest BCUT2D eigenvalue weighted by molar-refractivity contribution is 0.102. The molecule has 0 radical (unpaired) electrons. The van der Waals surface area contributed by atoms with Crippen molar-refractivity contribution in [3.63, 3.8) is 0 Å². The number of rotatable bonds is 2. The van der Waals surface area contributed by atoms with E-state index in [1.54, 1.807) is 24.4 Å². The van der Waals surface area contributed by atoms with Gasteiger partial charge in [0.15, 0.2) is 0 Å². The highest BCUT2D eigenvalue weighted by molar-refractivity contribution is 6.29. The fourth-order valence-corrected chi connectivity index (χ4v) is 2.06. The lowest BCUT2D eigenvalue weighted by atomic mass is 10.1. The van der Waals surface area contributed by atoms with E-state index < -0.39 is 0 Å². The third-order valence-corrected chi connectivity index (χ3v) is 3.03. The molecule has 1 amide bonds. The number of benzene rings is 1. The zero-order chi connectivity index (χ0) is 14.1. The van der Waals surface area contributed by atoms with Crippen LogP contribution in [0.2, 0.25) is 5.15 Å². The Labute approximate surface area is 119 Å². The standard InChI is InChI=1S/C13H10ClN5O/c14-11-4-12(18-6-17-11)19-13(20)9-5-16-10-3-7(15)1-2-8(9)10/h1-6,16H,15H2,(H,17,18,19,20). The molecular weight excluding hydrogens is 278 g/mol. The molecule has 4 N–H and O–H groups in total. The first kappa shape index (κ1) is 12.4. The number of fused-ring (bicyclic) bond motifs is 1. The SMILES string of the molecule is Nc1ccc2c(C(=O)Nc3cc(Cl)ncn3)c[nH]c2c1. The van der Waals surface area contributed by atoms with Crippen LogP contribution in [0, 0.1) is 0 Å². The third-order valence-electron chi connectivity index (χ3n) is 2.83. The molecule has 0 unspecified atom stereocenters. The number of aromatic nitrogens is 3. The largest absolute Gasteiger partial charge is 0.399 e. The van der Waals surface area contributed by atoms with E-state index in [0.717, 1.165) is 10.9 Å². The molecule has 0 fully saturated rings. The lowest BCUT2D eigenvalue weighted by Crippen LogP contribution is -2.12. The Hall–Kier alpha value is -2.60. The number of nitrogen functional groups attached to an aromatic ring is 1. The number of nitrogens with one attached hydrogen (secondary N) is 2. The number of halogens is 1. The first-order valence-corrected chi connectivity index (χ1v) is 6.17. The summed E-state index contributed by atoms with van der Waals surface area (Å²) in [7, 11) is 0. The van der Waals surface area contributed by atoms with Crippen molar-refractivity contribution >= 4 is 39.9 Å². The average Bonchev–Trinajstić information content (AvgIpc) is 2.81. The number of aromatic amines is 1. The molecule has 3 rings (SSSR count). The van der Waals surface area contributed by atoms with E-state index in [1.807, 2.05) is 0 Å². The van der Waals surface area contributed by atoms with Crippen LogP contribution in [0.4, 0.5) is 11.5 Å². The van der Waals surface area contributed by atoms with E-state index in [9.17, 15) is 4.79 Å². The number of hydrogen-bond acceptors (Lipinski definition) is 4. The molecule has 20 heavy (non-hydrogen) atoms. The van der Waals surface area contributed by atoms with Crippen LogP contribution in [0.3, 0.4) is 0 Å². The predicted octanol–water partition coefficient (Wildman–Crippen LogP) is 2.45. The second-order valence-corrected chi connectivity index (χ2v) is 4.57. The van der Waals surface area contributed by atoms with Crippen LogP contribution in [0.15, 0.2) is 36.8 Å². The summed E-state index contributed by atoms with van der Waals surface area (Å²) in [5.74, 6) is 0.0654. The Morgan fingerprint density at radius 3 is 2.95 bits per heavy atom. The van der Waals surface area contributed by atoms with E-state index in [1.165, 1.54) is 12.4 Å². The molecular formula is C13H10ClN5O. The van der Waals surface area contributed by atoms with Gasteiger partial charge in [-0.1, -0.05) is 11.6 Å². The summed E-state index contributed by atoms with van der Waals surface area (Å²) in [5.41, 5.74) is 7.64. The fraction of sp³-hybridized carbons (Fsp3) is 0. The number of anilines is 2. The average molecular weight is 288 g/mol. The fourth-order valence-electron chi connectivity index (χ4n) is 1.92. The Balaban J connectivity index is 1.93. The molecule has 3 aromatic rings. The minimum Gasteiger partial charge on any atom is -0.399 e. The zero-order valence-corrected chi connectivity index (χ0v) is 11.0. The first-order valence-electron chi connectivity index (χ1n) is 5.79. The molecule has 0 spiro atoms. The monoisotopic (exact) mass is 287 g/mol. The van der Waals surface area contributed by atoms with Gasteiger partial charge >= 0.3 is 0 Å². The Bertz CT molecular complexity index is 798. The second kappa shape index (κ2) is 4.82. The van der Waals surface area contributed by atoms with Gasteiger partial charge in [-0.05, 0) is 18.2 Å². The van der Waals surface area contributed by atoms with Crippen LogP contribution in [-0.2, 0) is 0 Å². The molecule has 7 heteroatoms. The maximum Gasteiger partial charge on any atom is 0.258 e. The number of carbonyl (C=O) groups is 1. The van der Waals surface area contributed by atoms with Gasteiger partial charge < -0.3 is 16.0 Å². The molecule has 0 aliphatic rings. The molecule has 0 bridgehead atoms. The van der Waals surface area contributed by atoms with Gasteiger partial charge in [0.25, 0.3) is 5.91 Å². The lowest BCUT2D eigenvalue weighted by Gasteiger charge is -2.03. The summed E-state index contributed by atoms with van der Waals surface area (Å²) in [4.78, 5) is 22.9. The van der Waals surface area contributed by atoms with Crippen molar-refractivity contribution in [1.29, 1.82) is 0 Å². The highest BCUT2D eigenvalue weighted by Gasteiger charge is 2.13. The minimum absolute atomic E-state index is 0.266. The van der Waals surface area contributed by atoms with E-state index in [0.29, 0.717) is 17.1 Å². The summed E-state index contributed by atoms with van der Waals surface area (Å²) in [6.07, 6.45) is 2.91. The van der Waals surface area contributed by atoms with Crippen molar-refractivity contribution < 1.29 is 4.79 Å². The molecule has 0 saturated carbocycles. The Kier molecular flexibility index (Phi) is 3.00. The molecule has 0 aliphatic heterocycles. The molecule has 0 aliphatic carbocycles. The van der Waals surface area contributed by atoms with Gasteiger partial charge in [0.05, 0.1) is 5.56 Å². The van der Waals surface area contributed by atoms with E-state index in [-0.39, 0.29) is 11.1 Å². The van der Waals surface area contributed by atoms with Gasteiger partial charge in [-0.15, -0.1) is 0 Å². The smallest absolute Gasteiger partial charge is 0.258 e. The summed E-state index contributed by atoms with van der Waals surface area (Å²) < 4.78 is 0. The minimum atomic E-state index is -0.282. The van der Waals surface area contributed by atoms with Crippen LogP contribution in [0.25, 0.3) is 10.9 Å². The van der Waals surface area contributed by atoms with Crippen LogP contribution in [0.5, 0.6) is 0 Å². The van der Waals surface area contributed by atoms with Gasteiger partial charge in [-0.25, -0.2) is 9.97 Å². The summed E-state index contributed by atoms with van der Waals surface area (Å²) in [6.45, 7) is 0. The van der Waals surface area contributed by atoms with Crippen molar-refractivity contribution in [2.24, 2.45) is 0 Å². The third kappa shape index (κ3) is 2.28. The quantitative estimate of drug-likeness (QED) is 0.498. The van der Waals surface area contributed by atoms with E-state index in [2.05, 4.69) is 20.3 Å². The summed E-state index contributed by atoms with van der Waals surface area (Å²) in [5, 5.41) is 3.72. The molecule has 6 nitrogen and oxygen atoms in total. The van der Waals surface area contributed by atoms with Gasteiger partial charge in [-0.3, -0.25) is 4.79 Å². The number of nitrogens with two attached hydrogens (primary N) is 1. The Morgan fingerprint density at radius 1 is 1.30 bits per heavy atom. The van der Waals surface area contributed by atoms with Gasteiger partial charge in [0, 0.05) is 28.9 Å². The molecule has 0 saturated heterocycles. The van der Waals surface area contributed by atoms with Gasteiger partial charge in [0.1, 0.15) is 17.3 Å². The number of hydrogen-bond donors (Lipinski definition) is 3. The number of H-pyrrole nitrogens is 1. The van der Waals surface area contributed by atoms with Crippen LogP contribution in [-0.4, -0.2) is 20.9 Å². The van der Waals surface area contributed by atoms with Gasteiger partial charge in [-0.2, -0.15) is 0 Å². The van der Waals surface area contributed by atoms with Crippen molar-refractivity contribution in [3.05, 3.63) is 47.5 Å². The van der Waals surface area contributed by atoms with Crippen molar-refractivity contribution in [1.82, 2.24) is 15.0 Å². The van der Waals surface area contributed by atoms with Crippen molar-refractivity contribution in [2.75, 3.05) is 11.1 Å². The summed E-state index contributed by atoms with van der Waals surface area (Å²) >= 11 is 5.74. The zero-order valence-electron chi connectivity index (χ0n) is 10.2. The highest BCUT2D eigenvalue weighted by atomic mass is 35.5. The summed E-state index contributed by atoms with van der Waals surface area (Å²) in [6, 6.07) is 6.79. The number of amides is 1. The van der Waals surface area contributed by atoms with Gasteiger partial charge in [0.2, 0.25) is 0 Å². The molecule has 1 aromatic carbocycles. The molecule has 0 atom stereocenters. The molecule has 2 heterocycles. The van der Waals surface area contributed by atoms with E-state index >= 15 is 0 Å². The predicted molar refractivity (Wildman–Crippen MR) is 77.7 cm³/mol. The number of carbonyl (C=O) groups excluding carboxylic acids is 1. The van der Waals surface area contributed by atoms with Crippen molar-refractivity contribution in [3.8, 4) is 0 Å². The van der Waals surface area contributed by atoms with Crippen LogP contribution < -0.4 is 11.1 Å². The second-order valence-electron chi connectivity index (χ2n) is 4.19. The Morgan fingerprint density at radius 2 is 2.15 bits per heavy atom. The van der Waals surface area contributed by atoms with E-state index in [4.69, 9.17) is 17.3 Å². The van der Waals surface area contributed by atoms with Crippen LogP contribution in [0.1, 0.15) is 10.4 Å². The number of nitrogens with zero attached hydrogens (tertiary/aromatic N) is 2. The first-order chi connectivity index (χ1) is 9.63. The van der Waals surface area contributed by atoms with Crippen molar-refractivity contribution in [2.45, 2.75) is 0 Å². The van der Waals surface area contributed by atoms with Crippen LogP contribution >= 0.6 is 11.6 Å². The molecule has 2 aromatic heterocycles. The maximum atomic E-state index is 12.2. The normalized spacial score (nSPS) is 10.7. The maximum absolute atomic E-state index is 12.2. The topological polar surface area (TPSA) is 96.7 Å². The highest BCUT2D eigenvalue weighted by Crippen LogP contribution is 2.21. The molecule has 100 valence electrons.